The largest absolute Gasteiger partial charge is 0.402 e. The van der Waals surface area contributed by atoms with E-state index in [9.17, 15) is 9.90 Å². The molecule has 0 saturated carbocycles. The van der Waals surface area contributed by atoms with E-state index in [1.165, 1.54) is 6.21 Å². The highest BCUT2D eigenvalue weighted by Crippen LogP contribution is 2.01. The normalized spacial score (nSPS) is 14.3. The lowest BCUT2D eigenvalue weighted by Crippen LogP contribution is -2.24. The Kier molecular flexibility index (Phi) is 4.30. The Morgan fingerprint density at radius 2 is 2.00 bits per heavy atom. The molecule has 0 bridgehead atoms. The van der Waals surface area contributed by atoms with Gasteiger partial charge in [0.2, 0.25) is 0 Å². The molecule has 0 aliphatic carbocycles. The van der Waals surface area contributed by atoms with Crippen molar-refractivity contribution in [3.63, 3.8) is 0 Å². The van der Waals surface area contributed by atoms with Crippen molar-refractivity contribution in [3.8, 4) is 0 Å². The number of nitrogens with two attached hydrogens (primary N) is 2. The van der Waals surface area contributed by atoms with Crippen molar-refractivity contribution in [2.45, 2.75) is 26.4 Å². The zero-order chi connectivity index (χ0) is 11.4. The van der Waals surface area contributed by atoms with E-state index in [-0.39, 0.29) is 12.1 Å². The van der Waals surface area contributed by atoms with Crippen molar-refractivity contribution in [3.05, 3.63) is 11.3 Å². The zero-order valence-electron chi connectivity index (χ0n) is 8.74. The number of carbonyl (C=O) groups is 1. The van der Waals surface area contributed by atoms with Crippen LogP contribution in [0.15, 0.2) is 16.3 Å². The molecule has 0 heterocycles. The van der Waals surface area contributed by atoms with Gasteiger partial charge in [-0.2, -0.15) is 0 Å². The van der Waals surface area contributed by atoms with Gasteiger partial charge in [-0.05, 0) is 20.8 Å². The lowest BCUT2D eigenvalue weighted by atomic mass is 10.1. The average molecular weight is 199 g/mol. The highest BCUT2D eigenvalue weighted by atomic mass is 16.3. The molecule has 0 fully saturated rings. The summed E-state index contributed by atoms with van der Waals surface area (Å²) in [7, 11) is 0. The highest BCUT2D eigenvalue weighted by Gasteiger charge is 2.11. The van der Waals surface area contributed by atoms with Gasteiger partial charge in [0.1, 0.15) is 0 Å². The Morgan fingerprint density at radius 1 is 1.50 bits per heavy atom. The number of hydrogen-bond acceptors (Lipinski definition) is 4. The second-order valence-corrected chi connectivity index (χ2v) is 3.74. The van der Waals surface area contributed by atoms with Crippen LogP contribution in [0, 0.1) is 0 Å². The molecule has 0 unspecified atom stereocenters. The molecule has 0 aliphatic rings. The molecule has 1 amide bonds. The van der Waals surface area contributed by atoms with Crippen molar-refractivity contribution < 1.29 is 9.90 Å². The summed E-state index contributed by atoms with van der Waals surface area (Å²) in [6, 6.07) is 0. The SMILES string of the molecule is CC(N)=C(C=NCC(C)(C)O)C(N)=O. The quantitative estimate of drug-likeness (QED) is 0.422. The molecule has 0 atom stereocenters. The van der Waals surface area contributed by atoms with Crippen LogP contribution in [0.3, 0.4) is 0 Å². The monoisotopic (exact) mass is 199 g/mol. The van der Waals surface area contributed by atoms with E-state index in [2.05, 4.69) is 4.99 Å². The fourth-order valence-corrected chi connectivity index (χ4v) is 0.720. The minimum atomic E-state index is -0.901. The van der Waals surface area contributed by atoms with Crippen LogP contribution in [-0.4, -0.2) is 29.4 Å². The molecular weight excluding hydrogens is 182 g/mol. The van der Waals surface area contributed by atoms with E-state index >= 15 is 0 Å². The number of carbonyl (C=O) groups excluding carboxylic acids is 1. The fourth-order valence-electron chi connectivity index (χ4n) is 0.720. The fraction of sp³-hybridized carbons (Fsp3) is 0.556. The van der Waals surface area contributed by atoms with E-state index in [4.69, 9.17) is 11.5 Å². The minimum Gasteiger partial charge on any atom is -0.402 e. The molecular formula is C9H17N3O2. The zero-order valence-corrected chi connectivity index (χ0v) is 8.74. The minimum absolute atomic E-state index is 0.175. The summed E-state index contributed by atoms with van der Waals surface area (Å²) in [6.07, 6.45) is 1.29. The number of primary amides is 1. The number of nitrogens with zero attached hydrogens (tertiary/aromatic N) is 1. The van der Waals surface area contributed by atoms with Gasteiger partial charge in [-0.15, -0.1) is 0 Å². The molecule has 0 saturated heterocycles. The maximum Gasteiger partial charge on any atom is 0.251 e. The third-order valence-corrected chi connectivity index (χ3v) is 1.39. The van der Waals surface area contributed by atoms with Gasteiger partial charge in [0.25, 0.3) is 5.91 Å². The molecule has 14 heavy (non-hydrogen) atoms. The molecule has 0 rings (SSSR count). The topological polar surface area (TPSA) is 102 Å². The molecule has 5 nitrogen and oxygen atoms in total. The second-order valence-electron chi connectivity index (χ2n) is 3.74. The van der Waals surface area contributed by atoms with Crippen LogP contribution in [0.1, 0.15) is 20.8 Å². The first-order chi connectivity index (χ1) is 6.24. The maximum absolute atomic E-state index is 10.8. The number of aliphatic hydroxyl groups is 1. The Hall–Kier alpha value is -1.36. The molecule has 0 aromatic heterocycles. The second kappa shape index (κ2) is 4.76. The van der Waals surface area contributed by atoms with Crippen LogP contribution in [0.2, 0.25) is 0 Å². The van der Waals surface area contributed by atoms with Crippen molar-refractivity contribution in [2.24, 2.45) is 16.5 Å². The van der Waals surface area contributed by atoms with E-state index < -0.39 is 11.5 Å². The molecule has 0 aromatic carbocycles. The summed E-state index contributed by atoms with van der Waals surface area (Å²) in [4.78, 5) is 14.7. The lowest BCUT2D eigenvalue weighted by Gasteiger charge is -2.12. The van der Waals surface area contributed by atoms with E-state index in [1.807, 2.05) is 0 Å². The van der Waals surface area contributed by atoms with Crippen molar-refractivity contribution in [1.29, 1.82) is 0 Å². The average Bonchev–Trinajstić information content (AvgIpc) is 1.94. The van der Waals surface area contributed by atoms with E-state index in [0.29, 0.717) is 5.70 Å². The first-order valence-electron chi connectivity index (χ1n) is 4.22. The molecule has 0 aliphatic heterocycles. The summed E-state index contributed by atoms with van der Waals surface area (Å²) in [5.41, 5.74) is 10.1. The van der Waals surface area contributed by atoms with Gasteiger partial charge in [0.15, 0.2) is 0 Å². The summed E-state index contributed by atoms with van der Waals surface area (Å²) in [5.74, 6) is -0.621. The Balaban J connectivity index is 4.50. The van der Waals surface area contributed by atoms with E-state index in [0.717, 1.165) is 0 Å². The van der Waals surface area contributed by atoms with Crippen molar-refractivity contribution >= 4 is 12.1 Å². The van der Waals surface area contributed by atoms with Gasteiger partial charge in [-0.25, -0.2) is 0 Å². The first-order valence-corrected chi connectivity index (χ1v) is 4.22. The van der Waals surface area contributed by atoms with Gasteiger partial charge in [0, 0.05) is 11.9 Å². The van der Waals surface area contributed by atoms with Gasteiger partial charge >= 0.3 is 0 Å². The maximum atomic E-state index is 10.8. The summed E-state index contributed by atoms with van der Waals surface area (Å²) in [6.45, 7) is 4.99. The smallest absolute Gasteiger partial charge is 0.251 e. The van der Waals surface area contributed by atoms with Gasteiger partial charge < -0.3 is 16.6 Å². The van der Waals surface area contributed by atoms with Crippen LogP contribution in [0.4, 0.5) is 0 Å². The molecule has 80 valence electrons. The predicted molar refractivity (Wildman–Crippen MR) is 55.7 cm³/mol. The van der Waals surface area contributed by atoms with Crippen LogP contribution in [-0.2, 0) is 4.79 Å². The molecule has 5 heteroatoms. The highest BCUT2D eigenvalue weighted by molar-refractivity contribution is 6.11. The number of amides is 1. The number of rotatable bonds is 4. The summed E-state index contributed by atoms with van der Waals surface area (Å²) in [5, 5.41) is 9.33. The van der Waals surface area contributed by atoms with Gasteiger partial charge in [-0.1, -0.05) is 0 Å². The Morgan fingerprint density at radius 3 is 2.29 bits per heavy atom. The summed E-state index contributed by atoms with van der Waals surface area (Å²) < 4.78 is 0. The van der Waals surface area contributed by atoms with Crippen LogP contribution >= 0.6 is 0 Å². The van der Waals surface area contributed by atoms with Crippen LogP contribution in [0.25, 0.3) is 0 Å². The van der Waals surface area contributed by atoms with E-state index in [1.54, 1.807) is 20.8 Å². The standard InChI is InChI=1S/C9H17N3O2/c1-6(10)7(8(11)13)4-12-5-9(2,3)14/h4,14H,5,10H2,1-3H3,(H2,11,13). The lowest BCUT2D eigenvalue weighted by molar-refractivity contribution is -0.114. The number of hydrogen-bond donors (Lipinski definition) is 3. The number of aliphatic imine (C=N–C) groups is 1. The molecule has 0 aromatic rings. The molecule has 0 spiro atoms. The molecule has 5 N–H and O–H groups in total. The first kappa shape index (κ1) is 12.6. The van der Waals surface area contributed by atoms with Crippen LogP contribution in [0.5, 0.6) is 0 Å². The Bertz CT molecular complexity index is 270. The predicted octanol–water partition coefficient (Wildman–Crippen LogP) is -0.454. The van der Waals surface area contributed by atoms with Crippen molar-refractivity contribution in [2.75, 3.05) is 6.54 Å². The van der Waals surface area contributed by atoms with Crippen molar-refractivity contribution in [1.82, 2.24) is 0 Å². The van der Waals surface area contributed by atoms with Gasteiger partial charge in [0.05, 0.1) is 17.7 Å². The molecule has 0 radical (unpaired) electrons. The number of allylic oxidation sites excluding steroid dienone is 1. The van der Waals surface area contributed by atoms with Gasteiger partial charge in [-0.3, -0.25) is 9.79 Å². The third kappa shape index (κ3) is 5.31. The third-order valence-electron chi connectivity index (χ3n) is 1.39. The van der Waals surface area contributed by atoms with Crippen LogP contribution < -0.4 is 11.5 Å². The summed E-state index contributed by atoms with van der Waals surface area (Å²) >= 11 is 0. The Labute approximate surface area is 83.5 Å².